The van der Waals surface area contributed by atoms with Crippen LogP contribution in [-0.2, 0) is 11.3 Å². The molecule has 1 aromatic carbocycles. The maximum atomic E-state index is 12.2. The van der Waals surface area contributed by atoms with Gasteiger partial charge in [-0.1, -0.05) is 5.16 Å². The number of carbonyl (C=O) groups excluding carboxylic acids is 1. The van der Waals surface area contributed by atoms with Crippen LogP contribution in [0, 0.1) is 5.92 Å². The van der Waals surface area contributed by atoms with Crippen LogP contribution in [0.1, 0.15) is 31.6 Å². The van der Waals surface area contributed by atoms with Crippen molar-refractivity contribution in [3.8, 4) is 17.1 Å². The van der Waals surface area contributed by atoms with Crippen molar-refractivity contribution in [2.45, 2.75) is 38.3 Å². The Kier molecular flexibility index (Phi) is 6.41. The van der Waals surface area contributed by atoms with Crippen LogP contribution in [0.15, 0.2) is 28.8 Å². The largest absolute Gasteiger partial charge is 0.497 e. The maximum Gasteiger partial charge on any atom is 0.241 e. The number of nitrogens with one attached hydrogen (secondary N) is 2. The number of hydrogen-bond acceptors (Lipinski definition) is 7. The molecule has 8 nitrogen and oxygen atoms in total. The zero-order valence-corrected chi connectivity index (χ0v) is 16.9. The summed E-state index contributed by atoms with van der Waals surface area (Å²) < 4.78 is 10.7. The number of piperidine rings is 1. The lowest BCUT2D eigenvalue weighted by atomic mass is 9.98. The molecule has 2 aliphatic rings. The van der Waals surface area contributed by atoms with Crippen molar-refractivity contribution in [3.05, 3.63) is 30.2 Å². The second-order valence-corrected chi connectivity index (χ2v) is 7.88. The Hall–Kier alpha value is -2.45. The highest BCUT2D eigenvalue weighted by Gasteiger charge is 2.25. The summed E-state index contributed by atoms with van der Waals surface area (Å²) in [7, 11) is 1.64. The van der Waals surface area contributed by atoms with Gasteiger partial charge in [-0.2, -0.15) is 4.98 Å². The summed E-state index contributed by atoms with van der Waals surface area (Å²) in [4.78, 5) is 19.1. The SMILES string of the molecule is COc1ccc(-c2noc(CN3CCCC(CNC(=O)C4CCCN4)C3)n2)cc1. The third-order valence-electron chi connectivity index (χ3n) is 5.72. The lowest BCUT2D eigenvalue weighted by molar-refractivity contribution is -0.123. The van der Waals surface area contributed by atoms with Crippen LogP contribution in [0.2, 0.25) is 0 Å². The number of amides is 1. The Morgan fingerprint density at radius 1 is 1.31 bits per heavy atom. The fourth-order valence-electron chi connectivity index (χ4n) is 4.11. The summed E-state index contributed by atoms with van der Waals surface area (Å²) in [6.45, 7) is 4.25. The smallest absolute Gasteiger partial charge is 0.241 e. The van der Waals surface area contributed by atoms with Gasteiger partial charge in [0.2, 0.25) is 17.6 Å². The summed E-state index contributed by atoms with van der Waals surface area (Å²) in [5.74, 6) is 2.61. The van der Waals surface area contributed by atoms with Crippen molar-refractivity contribution in [2.75, 3.05) is 33.3 Å². The van der Waals surface area contributed by atoms with Crippen LogP contribution in [0.4, 0.5) is 0 Å². The van der Waals surface area contributed by atoms with E-state index in [4.69, 9.17) is 9.26 Å². The fourth-order valence-corrected chi connectivity index (χ4v) is 4.11. The number of rotatable bonds is 7. The van der Waals surface area contributed by atoms with Crippen molar-refractivity contribution in [2.24, 2.45) is 5.92 Å². The molecule has 0 spiro atoms. The predicted octanol–water partition coefficient (Wildman–Crippen LogP) is 1.83. The molecule has 2 N–H and O–H groups in total. The van der Waals surface area contributed by atoms with Gasteiger partial charge in [0.05, 0.1) is 19.7 Å². The molecule has 8 heteroatoms. The Balaban J connectivity index is 1.28. The van der Waals surface area contributed by atoms with Gasteiger partial charge in [0.1, 0.15) is 5.75 Å². The molecule has 3 heterocycles. The Morgan fingerprint density at radius 2 is 2.17 bits per heavy atom. The third kappa shape index (κ3) is 5.13. The molecule has 2 aliphatic heterocycles. The number of likely N-dealkylation sites (tertiary alicyclic amines) is 1. The molecule has 1 aromatic heterocycles. The van der Waals surface area contributed by atoms with E-state index in [2.05, 4.69) is 25.7 Å². The van der Waals surface area contributed by atoms with Crippen LogP contribution in [0.25, 0.3) is 11.4 Å². The zero-order chi connectivity index (χ0) is 20.1. The van der Waals surface area contributed by atoms with Crippen LogP contribution in [-0.4, -0.2) is 60.3 Å². The number of ether oxygens (including phenoxy) is 1. The predicted molar refractivity (Wildman–Crippen MR) is 108 cm³/mol. The number of carbonyl (C=O) groups is 1. The highest BCUT2D eigenvalue weighted by molar-refractivity contribution is 5.81. The van der Waals surface area contributed by atoms with E-state index in [9.17, 15) is 4.79 Å². The average molecular weight is 399 g/mol. The first-order valence-electron chi connectivity index (χ1n) is 10.4. The highest BCUT2D eigenvalue weighted by Crippen LogP contribution is 2.22. The van der Waals surface area contributed by atoms with Gasteiger partial charge in [-0.3, -0.25) is 9.69 Å². The summed E-state index contributed by atoms with van der Waals surface area (Å²) in [6, 6.07) is 7.61. The van der Waals surface area contributed by atoms with Gasteiger partial charge in [0.25, 0.3) is 0 Å². The van der Waals surface area contributed by atoms with E-state index in [-0.39, 0.29) is 11.9 Å². The molecule has 2 saturated heterocycles. The zero-order valence-electron chi connectivity index (χ0n) is 16.9. The molecule has 2 fully saturated rings. The third-order valence-corrected chi connectivity index (χ3v) is 5.72. The molecular weight excluding hydrogens is 370 g/mol. The second kappa shape index (κ2) is 9.37. The van der Waals surface area contributed by atoms with E-state index in [0.29, 0.717) is 24.2 Å². The first-order valence-corrected chi connectivity index (χ1v) is 10.4. The molecule has 2 unspecified atom stereocenters. The molecule has 2 atom stereocenters. The molecule has 4 rings (SSSR count). The van der Waals surface area contributed by atoms with E-state index < -0.39 is 0 Å². The van der Waals surface area contributed by atoms with Gasteiger partial charge in [0.15, 0.2) is 0 Å². The molecule has 0 radical (unpaired) electrons. The molecular formula is C21H29N5O3. The first-order chi connectivity index (χ1) is 14.2. The number of benzene rings is 1. The standard InChI is InChI=1S/C21H29N5O3/c1-28-17-8-6-16(7-9-17)20-24-19(29-25-20)14-26-11-3-4-15(13-26)12-23-21(27)18-5-2-10-22-18/h6-9,15,18,22H,2-5,10-14H2,1H3,(H,23,27). The molecule has 156 valence electrons. The van der Waals surface area contributed by atoms with E-state index in [1.807, 2.05) is 24.3 Å². The fraction of sp³-hybridized carbons (Fsp3) is 0.571. The van der Waals surface area contributed by atoms with Gasteiger partial charge in [0, 0.05) is 18.7 Å². The van der Waals surface area contributed by atoms with Crippen molar-refractivity contribution < 1.29 is 14.1 Å². The normalized spacial score (nSPS) is 22.5. The molecule has 0 aliphatic carbocycles. The number of methoxy groups -OCH3 is 1. The summed E-state index contributed by atoms with van der Waals surface area (Å²) >= 11 is 0. The number of nitrogens with zero attached hydrogens (tertiary/aromatic N) is 3. The Bertz CT molecular complexity index is 801. The Morgan fingerprint density at radius 3 is 2.93 bits per heavy atom. The Labute approximate surface area is 171 Å². The van der Waals surface area contributed by atoms with E-state index in [0.717, 1.165) is 63.2 Å². The van der Waals surface area contributed by atoms with Crippen LogP contribution < -0.4 is 15.4 Å². The van der Waals surface area contributed by atoms with Crippen molar-refractivity contribution in [3.63, 3.8) is 0 Å². The topological polar surface area (TPSA) is 92.5 Å². The monoisotopic (exact) mass is 399 g/mol. The first kappa shape index (κ1) is 19.8. The quantitative estimate of drug-likeness (QED) is 0.734. The lowest BCUT2D eigenvalue weighted by Gasteiger charge is -2.32. The van der Waals surface area contributed by atoms with E-state index in [1.54, 1.807) is 7.11 Å². The van der Waals surface area contributed by atoms with Crippen LogP contribution >= 0.6 is 0 Å². The highest BCUT2D eigenvalue weighted by atomic mass is 16.5. The summed E-state index contributed by atoms with van der Waals surface area (Å²) in [5.41, 5.74) is 0.903. The van der Waals surface area contributed by atoms with Crippen molar-refractivity contribution in [1.82, 2.24) is 25.7 Å². The minimum atomic E-state index is -0.00976. The molecule has 0 bridgehead atoms. The molecule has 1 amide bonds. The minimum Gasteiger partial charge on any atom is -0.497 e. The second-order valence-electron chi connectivity index (χ2n) is 7.88. The van der Waals surface area contributed by atoms with E-state index in [1.165, 1.54) is 0 Å². The molecule has 0 saturated carbocycles. The summed E-state index contributed by atoms with van der Waals surface area (Å²) in [5, 5.41) is 10.5. The van der Waals surface area contributed by atoms with Crippen LogP contribution in [0.3, 0.4) is 0 Å². The van der Waals surface area contributed by atoms with Crippen molar-refractivity contribution in [1.29, 1.82) is 0 Å². The van der Waals surface area contributed by atoms with E-state index >= 15 is 0 Å². The average Bonchev–Trinajstić information content (AvgIpc) is 3.45. The maximum absolute atomic E-state index is 12.2. The van der Waals surface area contributed by atoms with Crippen molar-refractivity contribution >= 4 is 5.91 Å². The minimum absolute atomic E-state index is 0.00976. The number of aromatic nitrogens is 2. The van der Waals surface area contributed by atoms with Crippen LogP contribution in [0.5, 0.6) is 5.75 Å². The number of hydrogen-bond donors (Lipinski definition) is 2. The lowest BCUT2D eigenvalue weighted by Crippen LogP contribution is -2.45. The summed E-state index contributed by atoms with van der Waals surface area (Å²) in [6.07, 6.45) is 4.27. The molecule has 2 aromatic rings. The van der Waals surface area contributed by atoms with Gasteiger partial charge in [-0.15, -0.1) is 0 Å². The van der Waals surface area contributed by atoms with Gasteiger partial charge in [-0.25, -0.2) is 0 Å². The van der Waals surface area contributed by atoms with Gasteiger partial charge >= 0.3 is 0 Å². The molecule has 29 heavy (non-hydrogen) atoms. The van der Waals surface area contributed by atoms with Gasteiger partial charge < -0.3 is 19.9 Å². The van der Waals surface area contributed by atoms with Gasteiger partial charge in [-0.05, 0) is 69.0 Å².